The molecule has 3 amide bonds. The normalized spacial score (nSPS) is 21.7. The fraction of sp³-hybridized carbons (Fsp3) is 0.852. The van der Waals surface area contributed by atoms with Crippen molar-refractivity contribution >= 4 is 23.7 Å². The molecule has 0 spiro atoms. The van der Waals surface area contributed by atoms with Crippen molar-refractivity contribution in [2.45, 2.75) is 71.2 Å². The Balaban J connectivity index is 1.91. The quantitative estimate of drug-likeness (QED) is 0.129. The SMILES string of the molecule is CCNC(=O)C1CC(OC(=O)C2CCCN2)CN1C(=O)C(NC(=O)COCCOCCOCCNC)C(C)(C)C. The summed E-state index contributed by atoms with van der Waals surface area (Å²) in [4.78, 5) is 53.4. The van der Waals surface area contributed by atoms with E-state index in [9.17, 15) is 19.2 Å². The van der Waals surface area contributed by atoms with E-state index < -0.39 is 35.4 Å². The molecular formula is C27H49N5O8. The summed E-state index contributed by atoms with van der Waals surface area (Å²) in [7, 11) is 1.85. The van der Waals surface area contributed by atoms with Gasteiger partial charge in [-0.05, 0) is 38.8 Å². The lowest BCUT2D eigenvalue weighted by molar-refractivity contribution is -0.151. The third-order valence-corrected chi connectivity index (χ3v) is 6.72. The smallest absolute Gasteiger partial charge is 0.323 e. The van der Waals surface area contributed by atoms with Gasteiger partial charge in [0.2, 0.25) is 17.7 Å². The minimum Gasteiger partial charge on any atom is -0.459 e. The highest BCUT2D eigenvalue weighted by atomic mass is 16.6. The molecule has 2 aliphatic heterocycles. The first kappa shape index (κ1) is 33.9. The molecule has 0 saturated carbocycles. The van der Waals surface area contributed by atoms with Gasteiger partial charge < -0.3 is 45.1 Å². The molecule has 4 unspecified atom stereocenters. The molecule has 230 valence electrons. The molecule has 0 aromatic rings. The summed E-state index contributed by atoms with van der Waals surface area (Å²) in [6, 6.07) is -2.09. The van der Waals surface area contributed by atoms with Crippen LogP contribution >= 0.6 is 0 Å². The van der Waals surface area contributed by atoms with Crippen molar-refractivity contribution in [1.29, 1.82) is 0 Å². The van der Waals surface area contributed by atoms with Crippen LogP contribution in [0.3, 0.4) is 0 Å². The molecule has 4 atom stereocenters. The first-order chi connectivity index (χ1) is 19.1. The predicted octanol–water partition coefficient (Wildman–Crippen LogP) is -0.813. The number of likely N-dealkylation sites (N-methyl/N-ethyl adjacent to an activating group) is 2. The first-order valence-corrected chi connectivity index (χ1v) is 14.3. The van der Waals surface area contributed by atoms with Gasteiger partial charge in [-0.3, -0.25) is 19.2 Å². The van der Waals surface area contributed by atoms with Crippen molar-refractivity contribution in [3.63, 3.8) is 0 Å². The van der Waals surface area contributed by atoms with E-state index in [1.807, 2.05) is 27.8 Å². The molecule has 0 aromatic heterocycles. The number of ether oxygens (including phenoxy) is 4. The summed E-state index contributed by atoms with van der Waals surface area (Å²) in [6.45, 7) is 11.1. The fourth-order valence-corrected chi connectivity index (χ4v) is 4.60. The van der Waals surface area contributed by atoms with Gasteiger partial charge in [-0.1, -0.05) is 20.8 Å². The summed E-state index contributed by atoms with van der Waals surface area (Å²) in [5.74, 6) is -1.54. The Kier molecular flexibility index (Phi) is 14.8. The Morgan fingerprint density at radius 3 is 2.30 bits per heavy atom. The molecule has 0 aromatic carbocycles. The van der Waals surface area contributed by atoms with Crippen LogP contribution in [-0.2, 0) is 38.1 Å². The number of amides is 3. The van der Waals surface area contributed by atoms with Gasteiger partial charge >= 0.3 is 5.97 Å². The lowest BCUT2D eigenvalue weighted by atomic mass is 9.85. The van der Waals surface area contributed by atoms with Crippen molar-refractivity contribution in [2.24, 2.45) is 5.41 Å². The van der Waals surface area contributed by atoms with Crippen molar-refractivity contribution in [3.8, 4) is 0 Å². The maximum absolute atomic E-state index is 13.8. The van der Waals surface area contributed by atoms with Crippen LogP contribution in [0, 0.1) is 5.41 Å². The van der Waals surface area contributed by atoms with Crippen LogP contribution in [0.5, 0.6) is 0 Å². The summed E-state index contributed by atoms with van der Waals surface area (Å²) in [5.41, 5.74) is -0.655. The third-order valence-electron chi connectivity index (χ3n) is 6.72. The number of carbonyl (C=O) groups excluding carboxylic acids is 4. The van der Waals surface area contributed by atoms with Crippen LogP contribution in [0.2, 0.25) is 0 Å². The lowest BCUT2D eigenvalue weighted by Crippen LogP contribution is -2.58. The average Bonchev–Trinajstić information content (AvgIpc) is 3.58. The monoisotopic (exact) mass is 571 g/mol. The third kappa shape index (κ3) is 11.3. The topological polar surface area (TPSA) is 157 Å². The molecule has 0 radical (unpaired) electrons. The molecular weight excluding hydrogens is 522 g/mol. The second-order valence-corrected chi connectivity index (χ2v) is 11.1. The zero-order valence-electron chi connectivity index (χ0n) is 24.7. The maximum atomic E-state index is 13.8. The van der Waals surface area contributed by atoms with E-state index in [2.05, 4.69) is 21.3 Å². The maximum Gasteiger partial charge on any atom is 0.323 e. The number of nitrogens with zero attached hydrogens (tertiary/aromatic N) is 1. The summed E-state index contributed by atoms with van der Waals surface area (Å²) in [5, 5.41) is 11.6. The molecule has 0 bridgehead atoms. The van der Waals surface area contributed by atoms with Crippen molar-refractivity contribution in [1.82, 2.24) is 26.2 Å². The highest BCUT2D eigenvalue weighted by Gasteiger charge is 2.46. The molecule has 0 aliphatic carbocycles. The molecule has 2 fully saturated rings. The Labute approximate surface area is 237 Å². The van der Waals surface area contributed by atoms with Gasteiger partial charge in [0, 0.05) is 19.5 Å². The second-order valence-electron chi connectivity index (χ2n) is 11.1. The zero-order valence-corrected chi connectivity index (χ0v) is 24.7. The zero-order chi connectivity index (χ0) is 29.5. The van der Waals surface area contributed by atoms with Crippen LogP contribution in [0.25, 0.3) is 0 Å². The van der Waals surface area contributed by atoms with Gasteiger partial charge in [0.1, 0.15) is 30.8 Å². The largest absolute Gasteiger partial charge is 0.459 e. The second kappa shape index (κ2) is 17.5. The average molecular weight is 572 g/mol. The van der Waals surface area contributed by atoms with Crippen LogP contribution in [-0.4, -0.2) is 126 Å². The number of hydrogen-bond acceptors (Lipinski definition) is 10. The van der Waals surface area contributed by atoms with Gasteiger partial charge in [0.25, 0.3) is 0 Å². The molecule has 13 nitrogen and oxygen atoms in total. The standard InChI is InChI=1S/C27H49N5O8/c1-6-29-24(34)21-16-19(40-26(36)20-8-7-9-30-20)17-32(21)25(35)23(27(2,3)4)31-22(33)18-39-15-14-38-13-12-37-11-10-28-5/h19-21,23,28,30H,6-18H2,1-5H3,(H,29,34)(H,31,33). The molecule has 40 heavy (non-hydrogen) atoms. The molecule has 13 heteroatoms. The van der Waals surface area contributed by atoms with Crippen LogP contribution in [0.1, 0.15) is 47.0 Å². The molecule has 2 heterocycles. The van der Waals surface area contributed by atoms with Crippen LogP contribution < -0.4 is 21.3 Å². The highest BCUT2D eigenvalue weighted by molar-refractivity contribution is 5.93. The first-order valence-electron chi connectivity index (χ1n) is 14.3. The van der Waals surface area contributed by atoms with E-state index in [0.717, 1.165) is 19.5 Å². The number of esters is 1. The van der Waals surface area contributed by atoms with Gasteiger partial charge in [0.15, 0.2) is 0 Å². The Morgan fingerprint density at radius 1 is 1.02 bits per heavy atom. The van der Waals surface area contributed by atoms with E-state index in [-0.39, 0.29) is 44.1 Å². The predicted molar refractivity (Wildman–Crippen MR) is 147 cm³/mol. The molecule has 2 saturated heterocycles. The van der Waals surface area contributed by atoms with E-state index in [4.69, 9.17) is 18.9 Å². The van der Waals surface area contributed by atoms with Crippen LogP contribution in [0.4, 0.5) is 0 Å². The van der Waals surface area contributed by atoms with Crippen molar-refractivity contribution in [2.75, 3.05) is 72.9 Å². The molecule has 2 rings (SSSR count). The number of carbonyl (C=O) groups is 4. The Bertz CT molecular complexity index is 815. The van der Waals surface area contributed by atoms with Gasteiger partial charge in [-0.25, -0.2) is 0 Å². The number of rotatable bonds is 17. The number of likely N-dealkylation sites (tertiary alicyclic amines) is 1. The fourth-order valence-electron chi connectivity index (χ4n) is 4.60. The van der Waals surface area contributed by atoms with Gasteiger partial charge in [0.05, 0.1) is 39.6 Å². The van der Waals surface area contributed by atoms with Gasteiger partial charge in [-0.15, -0.1) is 0 Å². The van der Waals surface area contributed by atoms with E-state index >= 15 is 0 Å². The van der Waals surface area contributed by atoms with Crippen molar-refractivity contribution in [3.05, 3.63) is 0 Å². The van der Waals surface area contributed by atoms with E-state index in [1.165, 1.54) is 4.90 Å². The number of hydrogen-bond donors (Lipinski definition) is 4. The lowest BCUT2D eigenvalue weighted by Gasteiger charge is -2.35. The van der Waals surface area contributed by atoms with E-state index in [0.29, 0.717) is 39.4 Å². The van der Waals surface area contributed by atoms with Crippen LogP contribution in [0.15, 0.2) is 0 Å². The minimum atomic E-state index is -0.919. The van der Waals surface area contributed by atoms with Gasteiger partial charge in [-0.2, -0.15) is 0 Å². The number of nitrogens with one attached hydrogen (secondary N) is 4. The minimum absolute atomic E-state index is 0.0774. The molecule has 4 N–H and O–H groups in total. The highest BCUT2D eigenvalue weighted by Crippen LogP contribution is 2.27. The summed E-state index contributed by atoms with van der Waals surface area (Å²) in [6.07, 6.45) is 1.18. The Hall–Kier alpha value is -2.32. The Morgan fingerprint density at radius 2 is 1.70 bits per heavy atom. The van der Waals surface area contributed by atoms with Crippen molar-refractivity contribution < 1.29 is 38.1 Å². The van der Waals surface area contributed by atoms with E-state index in [1.54, 1.807) is 6.92 Å². The summed E-state index contributed by atoms with van der Waals surface area (Å²) < 4.78 is 21.9. The molecule has 2 aliphatic rings. The summed E-state index contributed by atoms with van der Waals surface area (Å²) >= 11 is 0.